The molecule has 1 aliphatic rings. The van der Waals surface area contributed by atoms with Gasteiger partial charge in [0.2, 0.25) is 0 Å². The number of hydrogen-bond acceptors (Lipinski definition) is 4. The second-order valence-corrected chi connectivity index (χ2v) is 7.57. The minimum atomic E-state index is -0.748. The number of unbranched alkanes of at least 4 members (excludes halogenated alkanes) is 1. The summed E-state index contributed by atoms with van der Waals surface area (Å²) >= 11 is 0. The van der Waals surface area contributed by atoms with Crippen LogP contribution in [-0.4, -0.2) is 30.2 Å². The van der Waals surface area contributed by atoms with Crippen molar-refractivity contribution in [2.75, 3.05) is 19.0 Å². The van der Waals surface area contributed by atoms with Gasteiger partial charge in [0, 0.05) is 18.7 Å². The first-order valence-electron chi connectivity index (χ1n) is 9.97. The van der Waals surface area contributed by atoms with Crippen molar-refractivity contribution in [3.63, 3.8) is 0 Å². The van der Waals surface area contributed by atoms with E-state index in [1.54, 1.807) is 13.3 Å². The number of carbonyl (C=O) groups excluding carboxylic acids is 1. The van der Waals surface area contributed by atoms with Gasteiger partial charge < -0.3 is 14.8 Å². The SMILES string of the molecule is CCCCOc1ccc(NC(=O)[C@@]2(OC)CCC[C@H](C)C2)c2cccnc12. The van der Waals surface area contributed by atoms with E-state index in [9.17, 15) is 4.79 Å². The first kappa shape index (κ1) is 19.6. The third-order valence-corrected chi connectivity index (χ3v) is 5.50. The number of ether oxygens (including phenoxy) is 2. The molecule has 3 rings (SSSR count). The average molecular weight is 370 g/mol. The quantitative estimate of drug-likeness (QED) is 0.701. The van der Waals surface area contributed by atoms with Gasteiger partial charge >= 0.3 is 0 Å². The Morgan fingerprint density at radius 1 is 1.37 bits per heavy atom. The second kappa shape index (κ2) is 8.70. The highest BCUT2D eigenvalue weighted by molar-refractivity contribution is 6.05. The van der Waals surface area contributed by atoms with Gasteiger partial charge in [-0.15, -0.1) is 0 Å². The molecule has 27 heavy (non-hydrogen) atoms. The summed E-state index contributed by atoms with van der Waals surface area (Å²) in [5, 5.41) is 3.99. The molecule has 2 atom stereocenters. The monoisotopic (exact) mass is 370 g/mol. The molecule has 0 spiro atoms. The zero-order chi connectivity index (χ0) is 19.3. The van der Waals surface area contributed by atoms with Gasteiger partial charge in [-0.25, -0.2) is 0 Å². The van der Waals surface area contributed by atoms with Crippen molar-refractivity contribution in [3.8, 4) is 5.75 Å². The van der Waals surface area contributed by atoms with Crippen molar-refractivity contribution >= 4 is 22.5 Å². The van der Waals surface area contributed by atoms with Crippen molar-refractivity contribution in [3.05, 3.63) is 30.5 Å². The summed E-state index contributed by atoms with van der Waals surface area (Å²) in [7, 11) is 1.64. The highest BCUT2D eigenvalue weighted by Crippen LogP contribution is 2.37. The Bertz CT molecular complexity index is 792. The molecule has 5 heteroatoms. The molecular weight excluding hydrogens is 340 g/mol. The van der Waals surface area contributed by atoms with Crippen LogP contribution in [0.5, 0.6) is 5.75 Å². The maximum absolute atomic E-state index is 13.1. The van der Waals surface area contributed by atoms with Crippen LogP contribution in [0.25, 0.3) is 10.9 Å². The fraction of sp³-hybridized carbons (Fsp3) is 0.545. The van der Waals surface area contributed by atoms with E-state index in [1.165, 1.54) is 0 Å². The Kier molecular flexibility index (Phi) is 6.32. The van der Waals surface area contributed by atoms with Crippen LogP contribution in [0.1, 0.15) is 52.4 Å². The highest BCUT2D eigenvalue weighted by atomic mass is 16.5. The molecule has 1 aromatic carbocycles. The number of amides is 1. The summed E-state index contributed by atoms with van der Waals surface area (Å²) in [6.07, 6.45) is 7.50. The van der Waals surface area contributed by atoms with Gasteiger partial charge in [0.15, 0.2) is 0 Å². The minimum Gasteiger partial charge on any atom is -0.491 e. The fourth-order valence-corrected chi connectivity index (χ4v) is 3.92. The predicted molar refractivity (Wildman–Crippen MR) is 108 cm³/mol. The predicted octanol–water partition coefficient (Wildman–Crippen LogP) is 4.95. The molecule has 1 saturated carbocycles. The van der Waals surface area contributed by atoms with Crippen LogP contribution in [-0.2, 0) is 9.53 Å². The van der Waals surface area contributed by atoms with Gasteiger partial charge in [-0.2, -0.15) is 0 Å². The maximum atomic E-state index is 13.1. The first-order chi connectivity index (χ1) is 13.1. The van der Waals surface area contributed by atoms with E-state index >= 15 is 0 Å². The van der Waals surface area contributed by atoms with Crippen LogP contribution in [0.2, 0.25) is 0 Å². The number of pyridine rings is 1. The number of nitrogens with zero attached hydrogens (tertiary/aromatic N) is 1. The average Bonchev–Trinajstić information content (AvgIpc) is 2.69. The largest absolute Gasteiger partial charge is 0.491 e. The van der Waals surface area contributed by atoms with Gasteiger partial charge in [-0.1, -0.05) is 26.7 Å². The molecule has 1 amide bonds. The summed E-state index contributed by atoms with van der Waals surface area (Å²) in [4.78, 5) is 17.6. The molecule has 1 heterocycles. The van der Waals surface area contributed by atoms with E-state index in [0.29, 0.717) is 12.5 Å². The zero-order valence-corrected chi connectivity index (χ0v) is 16.6. The second-order valence-electron chi connectivity index (χ2n) is 7.57. The van der Waals surface area contributed by atoms with E-state index < -0.39 is 5.60 Å². The summed E-state index contributed by atoms with van der Waals surface area (Å²) in [5.41, 5.74) is 0.776. The molecule has 5 nitrogen and oxygen atoms in total. The van der Waals surface area contributed by atoms with Crippen molar-refractivity contribution in [1.82, 2.24) is 4.98 Å². The van der Waals surface area contributed by atoms with Crippen molar-refractivity contribution in [2.24, 2.45) is 5.92 Å². The highest BCUT2D eigenvalue weighted by Gasteiger charge is 2.42. The van der Waals surface area contributed by atoms with Crippen molar-refractivity contribution in [1.29, 1.82) is 0 Å². The van der Waals surface area contributed by atoms with E-state index in [-0.39, 0.29) is 5.91 Å². The van der Waals surface area contributed by atoms with Crippen LogP contribution in [0.4, 0.5) is 5.69 Å². The van der Waals surface area contributed by atoms with Gasteiger partial charge in [-0.3, -0.25) is 9.78 Å². The van der Waals surface area contributed by atoms with Crippen LogP contribution < -0.4 is 10.1 Å². The maximum Gasteiger partial charge on any atom is 0.256 e. The van der Waals surface area contributed by atoms with Gasteiger partial charge in [0.05, 0.1) is 12.3 Å². The number of carbonyl (C=O) groups is 1. The number of nitrogens with one attached hydrogen (secondary N) is 1. The lowest BCUT2D eigenvalue weighted by atomic mass is 9.78. The Labute approximate surface area is 161 Å². The molecule has 0 bridgehead atoms. The van der Waals surface area contributed by atoms with Crippen LogP contribution >= 0.6 is 0 Å². The first-order valence-corrected chi connectivity index (χ1v) is 9.97. The molecule has 0 aliphatic heterocycles. The van der Waals surface area contributed by atoms with E-state index in [2.05, 4.69) is 24.1 Å². The Hall–Kier alpha value is -2.14. The lowest BCUT2D eigenvalue weighted by molar-refractivity contribution is -0.143. The minimum absolute atomic E-state index is 0.0682. The molecule has 2 aromatic rings. The Balaban J connectivity index is 1.86. The van der Waals surface area contributed by atoms with Crippen LogP contribution in [0.3, 0.4) is 0 Å². The third-order valence-electron chi connectivity index (χ3n) is 5.50. The van der Waals surface area contributed by atoms with E-state index in [0.717, 1.165) is 60.9 Å². The number of rotatable bonds is 7. The summed E-state index contributed by atoms with van der Waals surface area (Å²) in [6.45, 7) is 4.98. The number of methoxy groups -OCH3 is 1. The summed E-state index contributed by atoms with van der Waals surface area (Å²) in [5.74, 6) is 1.17. The Morgan fingerprint density at radius 3 is 2.96 bits per heavy atom. The Morgan fingerprint density at radius 2 is 2.22 bits per heavy atom. The number of fused-ring (bicyclic) bond motifs is 1. The molecule has 0 radical (unpaired) electrons. The summed E-state index contributed by atoms with van der Waals surface area (Å²) in [6, 6.07) is 7.64. The van der Waals surface area contributed by atoms with E-state index in [4.69, 9.17) is 9.47 Å². The van der Waals surface area contributed by atoms with E-state index in [1.807, 2.05) is 24.3 Å². The van der Waals surface area contributed by atoms with Crippen LogP contribution in [0, 0.1) is 5.92 Å². The summed E-state index contributed by atoms with van der Waals surface area (Å²) < 4.78 is 11.6. The molecule has 1 N–H and O–H groups in total. The third kappa shape index (κ3) is 4.24. The molecular formula is C22H30N2O3. The van der Waals surface area contributed by atoms with Gasteiger partial charge in [0.25, 0.3) is 5.91 Å². The zero-order valence-electron chi connectivity index (χ0n) is 16.6. The number of hydrogen-bond donors (Lipinski definition) is 1. The van der Waals surface area contributed by atoms with Crippen molar-refractivity contribution in [2.45, 2.75) is 58.0 Å². The van der Waals surface area contributed by atoms with Crippen LogP contribution in [0.15, 0.2) is 30.5 Å². The molecule has 146 valence electrons. The van der Waals surface area contributed by atoms with Crippen molar-refractivity contribution < 1.29 is 14.3 Å². The number of aromatic nitrogens is 1. The number of benzene rings is 1. The topological polar surface area (TPSA) is 60.5 Å². The molecule has 0 unspecified atom stereocenters. The standard InChI is InChI=1S/C22H30N2O3/c1-4-5-14-27-19-11-10-18(17-9-7-13-23-20(17)19)24-21(25)22(26-3)12-6-8-16(2)15-22/h7,9-11,13,16H,4-6,8,12,14-15H2,1-3H3,(H,24,25)/t16-,22+/m0/s1. The normalized spacial score (nSPS) is 22.6. The fourth-order valence-electron chi connectivity index (χ4n) is 3.92. The molecule has 1 fully saturated rings. The van der Waals surface area contributed by atoms with Gasteiger partial charge in [-0.05, 0) is 55.9 Å². The van der Waals surface area contributed by atoms with Gasteiger partial charge in [0.1, 0.15) is 16.9 Å². The molecule has 1 aromatic heterocycles. The molecule has 1 aliphatic carbocycles. The lowest BCUT2D eigenvalue weighted by Gasteiger charge is -2.37. The smallest absolute Gasteiger partial charge is 0.256 e. The molecule has 0 saturated heterocycles. The number of anilines is 1. The lowest BCUT2D eigenvalue weighted by Crippen LogP contribution is -2.47.